The maximum absolute atomic E-state index is 10.6. The summed E-state index contributed by atoms with van der Waals surface area (Å²) in [5.74, 6) is 1.87. The van der Waals surface area contributed by atoms with Crippen LogP contribution in [-0.2, 0) is 5.75 Å². The molecule has 82 valence electrons. The van der Waals surface area contributed by atoms with Gasteiger partial charge in [0.2, 0.25) is 5.89 Å². The molecule has 1 aromatic heterocycles. The summed E-state index contributed by atoms with van der Waals surface area (Å²) in [6.45, 7) is 1.76. The van der Waals surface area contributed by atoms with Gasteiger partial charge in [-0.2, -0.15) is 4.98 Å². The van der Waals surface area contributed by atoms with E-state index in [1.807, 2.05) is 18.2 Å². The van der Waals surface area contributed by atoms with Gasteiger partial charge < -0.3 is 4.52 Å². The minimum absolute atomic E-state index is 0.567. The Balaban J connectivity index is 2.01. The molecule has 0 aliphatic rings. The lowest BCUT2D eigenvalue weighted by Crippen LogP contribution is -1.85. The number of rotatable bonds is 4. The summed E-state index contributed by atoms with van der Waals surface area (Å²) < 4.78 is 4.87. The van der Waals surface area contributed by atoms with Crippen molar-refractivity contribution in [2.45, 2.75) is 17.6 Å². The summed E-state index contributed by atoms with van der Waals surface area (Å²) in [4.78, 5) is 15.7. The van der Waals surface area contributed by atoms with E-state index >= 15 is 0 Å². The van der Waals surface area contributed by atoms with Crippen molar-refractivity contribution in [1.29, 1.82) is 0 Å². The van der Waals surface area contributed by atoms with Crippen LogP contribution in [0, 0.1) is 6.92 Å². The maximum Gasteiger partial charge on any atom is 0.223 e. The molecule has 1 aromatic carbocycles. The molecule has 0 saturated carbocycles. The Morgan fingerprint density at radius 1 is 1.50 bits per heavy atom. The number of thioether (sulfide) groups is 1. The van der Waals surface area contributed by atoms with Crippen molar-refractivity contribution in [2.24, 2.45) is 0 Å². The fourth-order valence-corrected chi connectivity index (χ4v) is 2.03. The Morgan fingerprint density at radius 3 is 3.06 bits per heavy atom. The molecule has 1 heterocycles. The molecule has 0 N–H and O–H groups in total. The molecule has 2 aromatic rings. The Hall–Kier alpha value is -1.62. The number of aromatic nitrogens is 2. The summed E-state index contributed by atoms with van der Waals surface area (Å²) in [5, 5.41) is 3.80. The largest absolute Gasteiger partial charge is 0.340 e. The molecule has 4 nitrogen and oxygen atoms in total. The Labute approximate surface area is 97.1 Å². The molecular formula is C11H10N2O2S. The first-order valence-electron chi connectivity index (χ1n) is 4.75. The van der Waals surface area contributed by atoms with E-state index < -0.39 is 0 Å². The topological polar surface area (TPSA) is 56.0 Å². The van der Waals surface area contributed by atoms with Crippen molar-refractivity contribution in [3.05, 3.63) is 41.5 Å². The average molecular weight is 234 g/mol. The van der Waals surface area contributed by atoms with Crippen LogP contribution in [0.15, 0.2) is 33.7 Å². The van der Waals surface area contributed by atoms with Gasteiger partial charge in [-0.15, -0.1) is 11.8 Å². The van der Waals surface area contributed by atoms with E-state index in [1.165, 1.54) is 0 Å². The van der Waals surface area contributed by atoms with E-state index in [0.29, 0.717) is 23.0 Å². The quantitative estimate of drug-likeness (QED) is 0.601. The first-order valence-corrected chi connectivity index (χ1v) is 5.74. The molecular weight excluding hydrogens is 224 g/mol. The highest BCUT2D eigenvalue weighted by molar-refractivity contribution is 7.98. The average Bonchev–Trinajstić information content (AvgIpc) is 2.73. The first kappa shape index (κ1) is 10.9. The number of benzene rings is 1. The highest BCUT2D eigenvalue weighted by Crippen LogP contribution is 2.21. The number of nitrogens with zero attached hydrogens (tertiary/aromatic N) is 2. The van der Waals surface area contributed by atoms with Gasteiger partial charge in [0.15, 0.2) is 5.82 Å². The first-order chi connectivity index (χ1) is 7.78. The third-order valence-electron chi connectivity index (χ3n) is 1.93. The lowest BCUT2D eigenvalue weighted by Gasteiger charge is -1.98. The standard InChI is InChI=1S/C11H10N2O2S/c1-8-12-11(13-15-8)7-16-10-4-2-3-9(5-10)6-14/h2-6H,7H2,1H3. The second-order valence-corrected chi connectivity index (χ2v) is 4.26. The second-order valence-electron chi connectivity index (χ2n) is 3.21. The predicted octanol–water partition coefficient (Wildman–Crippen LogP) is 2.48. The lowest BCUT2D eigenvalue weighted by molar-refractivity contribution is 0.112. The van der Waals surface area contributed by atoms with Crippen LogP contribution in [0.4, 0.5) is 0 Å². The molecule has 0 unspecified atom stereocenters. The fourth-order valence-electron chi connectivity index (χ4n) is 1.23. The van der Waals surface area contributed by atoms with Crippen molar-refractivity contribution >= 4 is 18.0 Å². The predicted molar refractivity (Wildman–Crippen MR) is 60.4 cm³/mol. The zero-order chi connectivity index (χ0) is 11.4. The van der Waals surface area contributed by atoms with Crippen molar-refractivity contribution in [1.82, 2.24) is 10.1 Å². The van der Waals surface area contributed by atoms with Crippen molar-refractivity contribution in [2.75, 3.05) is 0 Å². The fraction of sp³-hybridized carbons (Fsp3) is 0.182. The molecule has 0 fully saturated rings. The highest BCUT2D eigenvalue weighted by atomic mass is 32.2. The number of hydrogen-bond donors (Lipinski definition) is 0. The monoisotopic (exact) mass is 234 g/mol. The van der Waals surface area contributed by atoms with Crippen LogP contribution in [-0.4, -0.2) is 16.4 Å². The molecule has 0 amide bonds. The van der Waals surface area contributed by atoms with E-state index in [0.717, 1.165) is 11.2 Å². The Morgan fingerprint density at radius 2 is 2.38 bits per heavy atom. The molecule has 0 aliphatic carbocycles. The Bertz CT molecular complexity index is 496. The highest BCUT2D eigenvalue weighted by Gasteiger charge is 2.03. The Kier molecular flexibility index (Phi) is 3.36. The van der Waals surface area contributed by atoms with E-state index in [4.69, 9.17) is 4.52 Å². The zero-order valence-corrected chi connectivity index (χ0v) is 9.53. The minimum atomic E-state index is 0.567. The van der Waals surface area contributed by atoms with Crippen LogP contribution in [0.1, 0.15) is 22.1 Å². The van der Waals surface area contributed by atoms with Gasteiger partial charge >= 0.3 is 0 Å². The number of carbonyl (C=O) groups is 1. The van der Waals surface area contributed by atoms with Crippen molar-refractivity contribution in [3.63, 3.8) is 0 Å². The van der Waals surface area contributed by atoms with Gasteiger partial charge in [-0.1, -0.05) is 17.3 Å². The van der Waals surface area contributed by atoms with E-state index in [1.54, 1.807) is 24.8 Å². The zero-order valence-electron chi connectivity index (χ0n) is 8.71. The lowest BCUT2D eigenvalue weighted by atomic mass is 10.2. The molecule has 0 atom stereocenters. The van der Waals surface area contributed by atoms with Gasteiger partial charge in [0.25, 0.3) is 0 Å². The molecule has 0 radical (unpaired) electrons. The van der Waals surface area contributed by atoms with Crippen LogP contribution < -0.4 is 0 Å². The van der Waals surface area contributed by atoms with Gasteiger partial charge in [-0.3, -0.25) is 4.79 Å². The second kappa shape index (κ2) is 4.94. The van der Waals surface area contributed by atoms with E-state index in [-0.39, 0.29) is 0 Å². The number of aldehydes is 1. The van der Waals surface area contributed by atoms with Gasteiger partial charge in [0, 0.05) is 17.4 Å². The van der Waals surface area contributed by atoms with Gasteiger partial charge in [-0.05, 0) is 12.1 Å². The summed E-state index contributed by atoms with van der Waals surface area (Å²) in [6, 6.07) is 7.41. The maximum atomic E-state index is 10.6. The molecule has 2 rings (SSSR count). The summed E-state index contributed by atoms with van der Waals surface area (Å²) >= 11 is 1.57. The van der Waals surface area contributed by atoms with Crippen LogP contribution in [0.5, 0.6) is 0 Å². The van der Waals surface area contributed by atoms with E-state index in [2.05, 4.69) is 10.1 Å². The van der Waals surface area contributed by atoms with Crippen molar-refractivity contribution in [3.8, 4) is 0 Å². The summed E-state index contributed by atoms with van der Waals surface area (Å²) in [6.07, 6.45) is 0.836. The van der Waals surface area contributed by atoms with Crippen molar-refractivity contribution < 1.29 is 9.32 Å². The normalized spacial score (nSPS) is 10.3. The van der Waals surface area contributed by atoms with Crippen LogP contribution in [0.2, 0.25) is 0 Å². The molecule has 0 bridgehead atoms. The summed E-state index contributed by atoms with van der Waals surface area (Å²) in [5.41, 5.74) is 0.675. The number of aryl methyl sites for hydroxylation is 1. The molecule has 16 heavy (non-hydrogen) atoms. The molecule has 0 spiro atoms. The van der Waals surface area contributed by atoms with Gasteiger partial charge in [-0.25, -0.2) is 0 Å². The molecule has 0 aliphatic heterocycles. The number of carbonyl (C=O) groups excluding carboxylic acids is 1. The van der Waals surface area contributed by atoms with Gasteiger partial charge in [0.1, 0.15) is 6.29 Å². The summed E-state index contributed by atoms with van der Waals surface area (Å²) in [7, 11) is 0. The SMILES string of the molecule is Cc1nc(CSc2cccc(C=O)c2)no1. The smallest absolute Gasteiger partial charge is 0.223 e. The third-order valence-corrected chi connectivity index (χ3v) is 2.92. The van der Waals surface area contributed by atoms with Crippen LogP contribution in [0.3, 0.4) is 0 Å². The molecule has 0 saturated heterocycles. The van der Waals surface area contributed by atoms with Crippen LogP contribution in [0.25, 0.3) is 0 Å². The number of hydrogen-bond acceptors (Lipinski definition) is 5. The third kappa shape index (κ3) is 2.70. The van der Waals surface area contributed by atoms with Gasteiger partial charge in [0.05, 0.1) is 5.75 Å². The van der Waals surface area contributed by atoms with Crippen LogP contribution >= 0.6 is 11.8 Å². The molecule has 5 heteroatoms. The van der Waals surface area contributed by atoms with E-state index in [9.17, 15) is 4.79 Å². The minimum Gasteiger partial charge on any atom is -0.340 e.